The van der Waals surface area contributed by atoms with E-state index in [-0.39, 0.29) is 41.2 Å². The molecule has 9 heteroatoms. The first-order valence-electron chi connectivity index (χ1n) is 13.9. The van der Waals surface area contributed by atoms with Gasteiger partial charge in [-0.1, -0.05) is 11.5 Å². The number of primary amides is 1. The Labute approximate surface area is 224 Å². The fourth-order valence-electron chi connectivity index (χ4n) is 6.34. The zero-order valence-corrected chi connectivity index (χ0v) is 21.6. The predicted octanol–water partition coefficient (Wildman–Crippen LogP) is 2.71. The summed E-state index contributed by atoms with van der Waals surface area (Å²) in [6, 6.07) is 7.66. The Morgan fingerprint density at radius 3 is 2.45 bits per heavy atom. The van der Waals surface area contributed by atoms with Gasteiger partial charge in [0.15, 0.2) is 5.78 Å². The van der Waals surface area contributed by atoms with Gasteiger partial charge in [0, 0.05) is 53.6 Å². The molecule has 3 aliphatic carbocycles. The number of nitrogens with zero attached hydrogens (tertiary/aromatic N) is 2. The van der Waals surface area contributed by atoms with Crippen LogP contribution < -0.4 is 26.7 Å². The lowest BCUT2D eigenvalue weighted by Crippen LogP contribution is -2.43. The number of amides is 2. The molecule has 3 atom stereocenters. The number of pyridine rings is 1. The van der Waals surface area contributed by atoms with Crippen molar-refractivity contribution >= 4 is 42.4 Å². The lowest BCUT2D eigenvalue weighted by molar-refractivity contribution is 0.0934. The molecule has 1 saturated heterocycles. The summed E-state index contributed by atoms with van der Waals surface area (Å²) in [5.74, 6) is 0.965. The molecule has 3 saturated carbocycles. The van der Waals surface area contributed by atoms with Gasteiger partial charge in [0.2, 0.25) is 0 Å². The molecule has 196 valence electrons. The van der Waals surface area contributed by atoms with Crippen molar-refractivity contribution in [1.82, 2.24) is 10.3 Å². The van der Waals surface area contributed by atoms with Crippen LogP contribution in [0.3, 0.4) is 0 Å². The Bertz CT molecular complexity index is 1260. The average Bonchev–Trinajstić information content (AvgIpc) is 3.65. The quantitative estimate of drug-likeness (QED) is 0.371. The van der Waals surface area contributed by atoms with E-state index in [4.69, 9.17) is 13.6 Å². The number of Topliss-reactive ketones (excluding diaryl/α,β-unsaturated/α-hetero) is 1. The molecule has 0 bridgehead atoms. The monoisotopic (exact) mass is 511 g/mol. The van der Waals surface area contributed by atoms with Crippen LogP contribution >= 0.6 is 0 Å². The van der Waals surface area contributed by atoms with Crippen LogP contribution in [0.5, 0.6) is 0 Å². The van der Waals surface area contributed by atoms with Crippen LogP contribution in [0, 0.1) is 11.8 Å². The molecule has 4 N–H and O–H groups in total. The highest BCUT2D eigenvalue weighted by Crippen LogP contribution is 2.39. The molecule has 1 aromatic carbocycles. The smallest absolute Gasteiger partial charge is 0.250 e. The second kappa shape index (κ2) is 10.1. The van der Waals surface area contributed by atoms with Crippen LogP contribution in [0.15, 0.2) is 30.5 Å². The minimum Gasteiger partial charge on any atom is -0.382 e. The van der Waals surface area contributed by atoms with Gasteiger partial charge in [-0.15, -0.1) is 0 Å². The summed E-state index contributed by atoms with van der Waals surface area (Å²) >= 11 is 0. The van der Waals surface area contributed by atoms with Gasteiger partial charge in [0.25, 0.3) is 11.8 Å². The van der Waals surface area contributed by atoms with Crippen LogP contribution in [0.2, 0.25) is 0 Å². The number of hydrogen-bond donors (Lipinski definition) is 3. The minimum absolute atomic E-state index is 0.0204. The third-order valence-electron chi connectivity index (χ3n) is 8.81. The van der Waals surface area contributed by atoms with Gasteiger partial charge in [0.1, 0.15) is 13.7 Å². The van der Waals surface area contributed by atoms with E-state index in [1.165, 1.54) is 6.07 Å². The Balaban J connectivity index is 1.15. The standard InChI is InChI=1S/C29H34BN5O3/c30-23-13-22(28(31)37)24(33-19-4-1-5-19)14-21(23)29(38)34-20-11-17-3-2-10-35(25(17)12-20)26-9-8-18(15-32-26)27(36)16-6-7-16/h8-9,13-17,19-20,25,33H,1-7,10-12H2,(H2,31,37)(H,34,38). The molecule has 0 spiro atoms. The maximum Gasteiger partial charge on any atom is 0.250 e. The minimum atomic E-state index is -0.566. The number of rotatable bonds is 8. The molecule has 2 aromatic rings. The molecular formula is C29H34BN5O3. The van der Waals surface area contributed by atoms with Crippen molar-refractivity contribution in [2.75, 3.05) is 16.8 Å². The van der Waals surface area contributed by atoms with Crippen molar-refractivity contribution in [1.29, 1.82) is 0 Å². The van der Waals surface area contributed by atoms with Crippen LogP contribution in [0.4, 0.5) is 11.5 Å². The SMILES string of the molecule is [B]c1cc(C(N)=O)c(NC2CCC2)cc1C(=O)NC1CC2CCCN(c3ccc(C(=O)C4CC4)cn3)C2C1. The number of benzene rings is 1. The molecule has 6 rings (SSSR count). The van der Waals surface area contributed by atoms with Gasteiger partial charge in [-0.3, -0.25) is 14.4 Å². The number of anilines is 2. The van der Waals surface area contributed by atoms with Gasteiger partial charge in [-0.2, -0.15) is 0 Å². The molecule has 4 aliphatic rings. The first kappa shape index (κ1) is 25.0. The molecule has 3 unspecified atom stereocenters. The topological polar surface area (TPSA) is 117 Å². The molecule has 8 nitrogen and oxygen atoms in total. The summed E-state index contributed by atoms with van der Waals surface area (Å²) in [6.07, 6.45) is 10.8. The maximum atomic E-state index is 13.3. The highest BCUT2D eigenvalue weighted by atomic mass is 16.2. The number of fused-ring (bicyclic) bond motifs is 1. The largest absolute Gasteiger partial charge is 0.382 e. The van der Waals surface area contributed by atoms with Crippen LogP contribution in [-0.4, -0.2) is 55.1 Å². The molecule has 1 aliphatic heterocycles. The van der Waals surface area contributed by atoms with Gasteiger partial charge < -0.3 is 21.3 Å². The summed E-state index contributed by atoms with van der Waals surface area (Å²) in [7, 11) is 6.21. The number of aromatic nitrogens is 1. The van der Waals surface area contributed by atoms with Crippen molar-refractivity contribution in [3.63, 3.8) is 0 Å². The van der Waals surface area contributed by atoms with E-state index in [0.717, 1.165) is 70.2 Å². The summed E-state index contributed by atoms with van der Waals surface area (Å²) in [4.78, 5) is 44.7. The highest BCUT2D eigenvalue weighted by molar-refractivity contribution is 6.37. The van der Waals surface area contributed by atoms with Crippen molar-refractivity contribution in [3.8, 4) is 0 Å². The van der Waals surface area contributed by atoms with E-state index in [0.29, 0.717) is 28.3 Å². The lowest BCUT2D eigenvalue weighted by atomic mass is 9.86. The van der Waals surface area contributed by atoms with Crippen LogP contribution in [-0.2, 0) is 0 Å². The average molecular weight is 511 g/mol. The maximum absolute atomic E-state index is 13.3. The number of carbonyl (C=O) groups is 3. The Hall–Kier alpha value is -3.36. The van der Waals surface area contributed by atoms with E-state index in [1.807, 2.05) is 12.1 Å². The van der Waals surface area contributed by atoms with Crippen molar-refractivity contribution in [2.24, 2.45) is 17.6 Å². The van der Waals surface area contributed by atoms with Crippen molar-refractivity contribution in [3.05, 3.63) is 47.2 Å². The fourth-order valence-corrected chi connectivity index (χ4v) is 6.34. The Kier molecular flexibility index (Phi) is 6.62. The molecule has 2 radical (unpaired) electrons. The number of hydrogen-bond acceptors (Lipinski definition) is 6. The highest BCUT2D eigenvalue weighted by Gasteiger charge is 2.41. The molecular weight excluding hydrogens is 477 g/mol. The van der Waals surface area contributed by atoms with Gasteiger partial charge in [-0.05, 0) is 81.9 Å². The Morgan fingerprint density at radius 1 is 0.974 bits per heavy atom. The summed E-state index contributed by atoms with van der Waals surface area (Å²) in [5, 5.41) is 6.57. The van der Waals surface area contributed by atoms with Crippen LogP contribution in [0.1, 0.15) is 88.9 Å². The summed E-state index contributed by atoms with van der Waals surface area (Å²) in [5.41, 5.74) is 7.78. The van der Waals surface area contributed by atoms with E-state index >= 15 is 0 Å². The molecule has 38 heavy (non-hydrogen) atoms. The molecule has 4 fully saturated rings. The van der Waals surface area contributed by atoms with Gasteiger partial charge >= 0.3 is 0 Å². The zero-order chi connectivity index (χ0) is 26.4. The number of carbonyl (C=O) groups excluding carboxylic acids is 3. The second-order valence-corrected chi connectivity index (χ2v) is 11.5. The first-order chi connectivity index (χ1) is 18.4. The summed E-state index contributed by atoms with van der Waals surface area (Å²) < 4.78 is 0. The number of nitrogens with two attached hydrogens (primary N) is 1. The third kappa shape index (κ3) is 4.90. The van der Waals surface area contributed by atoms with E-state index < -0.39 is 5.91 Å². The Morgan fingerprint density at radius 2 is 1.79 bits per heavy atom. The molecule has 1 aromatic heterocycles. The van der Waals surface area contributed by atoms with E-state index in [2.05, 4.69) is 20.5 Å². The van der Waals surface area contributed by atoms with Crippen LogP contribution in [0.25, 0.3) is 0 Å². The van der Waals surface area contributed by atoms with Gasteiger partial charge in [0.05, 0.1) is 5.56 Å². The van der Waals surface area contributed by atoms with E-state index in [9.17, 15) is 14.4 Å². The number of nitrogens with one attached hydrogen (secondary N) is 2. The molecule has 2 heterocycles. The lowest BCUT2D eigenvalue weighted by Gasteiger charge is -2.38. The van der Waals surface area contributed by atoms with Gasteiger partial charge in [-0.25, -0.2) is 4.98 Å². The fraction of sp³-hybridized carbons (Fsp3) is 0.517. The third-order valence-corrected chi connectivity index (χ3v) is 8.81. The predicted molar refractivity (Wildman–Crippen MR) is 147 cm³/mol. The zero-order valence-electron chi connectivity index (χ0n) is 21.6. The second-order valence-electron chi connectivity index (χ2n) is 11.5. The normalized spacial score (nSPS) is 24.8. The molecule has 2 amide bonds. The van der Waals surface area contributed by atoms with E-state index in [1.54, 1.807) is 12.3 Å². The summed E-state index contributed by atoms with van der Waals surface area (Å²) in [6.45, 7) is 0.919. The van der Waals surface area contributed by atoms with Crippen molar-refractivity contribution in [2.45, 2.75) is 75.9 Å². The first-order valence-corrected chi connectivity index (χ1v) is 13.9. The van der Waals surface area contributed by atoms with Crippen molar-refractivity contribution < 1.29 is 14.4 Å². The number of piperidine rings is 1. The number of ketones is 1.